The molecule has 0 unspecified atom stereocenters. The Kier molecular flexibility index (Phi) is 4.07. The van der Waals surface area contributed by atoms with Gasteiger partial charge >= 0.3 is 0 Å². The number of fused-ring (bicyclic) bond motifs is 1. The van der Waals surface area contributed by atoms with Crippen LogP contribution in [0.15, 0.2) is 18.2 Å². The molecule has 0 saturated carbocycles. The van der Waals surface area contributed by atoms with E-state index in [2.05, 4.69) is 41.7 Å². The van der Waals surface area contributed by atoms with Gasteiger partial charge in [-0.3, -0.25) is 0 Å². The minimum Gasteiger partial charge on any atom is -0.385 e. The fourth-order valence-electron chi connectivity index (χ4n) is 1.60. The summed E-state index contributed by atoms with van der Waals surface area (Å²) in [5.41, 5.74) is 2.31. The summed E-state index contributed by atoms with van der Waals surface area (Å²) < 4.78 is 1.27. The van der Waals surface area contributed by atoms with E-state index in [4.69, 9.17) is 0 Å². The molecule has 1 heterocycles. The third-order valence-electron chi connectivity index (χ3n) is 2.35. The number of thiazole rings is 1. The van der Waals surface area contributed by atoms with Crippen molar-refractivity contribution in [2.75, 3.05) is 23.9 Å². The number of aromatic nitrogens is 1. The van der Waals surface area contributed by atoms with Crippen molar-refractivity contribution in [3.8, 4) is 0 Å². The van der Waals surface area contributed by atoms with Crippen molar-refractivity contribution in [1.29, 1.82) is 0 Å². The first kappa shape index (κ1) is 11.7. The first-order chi connectivity index (χ1) is 7.79. The Balaban J connectivity index is 2.02. The van der Waals surface area contributed by atoms with Crippen LogP contribution in [-0.4, -0.2) is 23.5 Å². The molecule has 0 atom stereocenters. The minimum atomic E-state index is 1.05. The van der Waals surface area contributed by atoms with Gasteiger partial charge in [-0.15, -0.1) is 11.3 Å². The summed E-state index contributed by atoms with van der Waals surface area (Å²) >= 11 is 3.65. The zero-order chi connectivity index (χ0) is 11.4. The second-order valence-corrected chi connectivity index (χ2v) is 5.91. The minimum absolute atomic E-state index is 1.05. The largest absolute Gasteiger partial charge is 0.385 e. The first-order valence-corrected chi connectivity index (χ1v) is 7.60. The van der Waals surface area contributed by atoms with Crippen LogP contribution in [-0.2, 0) is 0 Å². The highest BCUT2D eigenvalue weighted by Crippen LogP contribution is 2.24. The number of aryl methyl sites for hydroxylation is 1. The predicted molar refractivity (Wildman–Crippen MR) is 75.8 cm³/mol. The number of hydrogen-bond donors (Lipinski definition) is 1. The van der Waals surface area contributed by atoms with Crippen LogP contribution in [0.3, 0.4) is 0 Å². The molecule has 2 nitrogen and oxygen atoms in total. The molecule has 0 aliphatic rings. The molecule has 0 radical (unpaired) electrons. The number of nitrogens with one attached hydrogen (secondary N) is 1. The molecule has 1 aromatic heterocycles. The highest BCUT2D eigenvalue weighted by molar-refractivity contribution is 7.98. The SMILES string of the molecule is CSCCCNc1ccc2nc(C)sc2c1. The van der Waals surface area contributed by atoms with Crippen molar-refractivity contribution in [2.24, 2.45) is 0 Å². The number of nitrogens with zero attached hydrogens (tertiary/aromatic N) is 1. The molecule has 0 fully saturated rings. The summed E-state index contributed by atoms with van der Waals surface area (Å²) in [4.78, 5) is 4.45. The van der Waals surface area contributed by atoms with Gasteiger partial charge in [0.25, 0.3) is 0 Å². The smallest absolute Gasteiger partial charge is 0.0907 e. The molecule has 1 aromatic carbocycles. The molecule has 2 rings (SSSR count). The van der Waals surface area contributed by atoms with Crippen molar-refractivity contribution in [3.63, 3.8) is 0 Å². The molecule has 2 aromatic rings. The third kappa shape index (κ3) is 2.89. The normalized spacial score (nSPS) is 10.9. The Morgan fingerprint density at radius 1 is 1.44 bits per heavy atom. The molecule has 0 bridgehead atoms. The topological polar surface area (TPSA) is 24.9 Å². The lowest BCUT2D eigenvalue weighted by molar-refractivity contribution is 0.994. The van der Waals surface area contributed by atoms with E-state index in [1.54, 1.807) is 11.3 Å². The van der Waals surface area contributed by atoms with Crippen molar-refractivity contribution < 1.29 is 0 Å². The van der Waals surface area contributed by atoms with Crippen LogP contribution >= 0.6 is 23.1 Å². The van der Waals surface area contributed by atoms with E-state index in [1.165, 1.54) is 22.6 Å². The van der Waals surface area contributed by atoms with Crippen LogP contribution in [0.2, 0.25) is 0 Å². The molecule has 0 aliphatic carbocycles. The van der Waals surface area contributed by atoms with E-state index >= 15 is 0 Å². The summed E-state index contributed by atoms with van der Waals surface area (Å²) in [7, 11) is 0. The van der Waals surface area contributed by atoms with Crippen LogP contribution in [0.1, 0.15) is 11.4 Å². The van der Waals surface area contributed by atoms with Crippen molar-refractivity contribution >= 4 is 39.0 Å². The highest BCUT2D eigenvalue weighted by atomic mass is 32.2. The van der Waals surface area contributed by atoms with Gasteiger partial charge in [-0.05, 0) is 43.6 Å². The van der Waals surface area contributed by atoms with Crippen LogP contribution in [0.25, 0.3) is 10.2 Å². The van der Waals surface area contributed by atoms with Crippen LogP contribution in [0, 0.1) is 6.92 Å². The molecule has 0 amide bonds. The Labute approximate surface area is 104 Å². The maximum atomic E-state index is 4.45. The van der Waals surface area contributed by atoms with Gasteiger partial charge in [0.05, 0.1) is 15.2 Å². The quantitative estimate of drug-likeness (QED) is 0.820. The second-order valence-electron chi connectivity index (χ2n) is 3.69. The molecule has 16 heavy (non-hydrogen) atoms. The summed E-state index contributed by atoms with van der Waals surface area (Å²) in [6.07, 6.45) is 3.35. The third-order valence-corrected chi connectivity index (χ3v) is 3.98. The maximum Gasteiger partial charge on any atom is 0.0907 e. The number of benzene rings is 1. The second kappa shape index (κ2) is 5.55. The van der Waals surface area contributed by atoms with E-state index in [0.717, 1.165) is 17.1 Å². The van der Waals surface area contributed by atoms with E-state index in [9.17, 15) is 0 Å². The molecule has 1 N–H and O–H groups in total. The lowest BCUT2D eigenvalue weighted by Crippen LogP contribution is -2.01. The Morgan fingerprint density at radius 3 is 3.12 bits per heavy atom. The van der Waals surface area contributed by atoms with Crippen LogP contribution in [0.5, 0.6) is 0 Å². The average molecular weight is 252 g/mol. The summed E-state index contributed by atoms with van der Waals surface area (Å²) in [6.45, 7) is 3.10. The average Bonchev–Trinajstić information content (AvgIpc) is 2.64. The Bertz CT molecular complexity index is 465. The molecule has 4 heteroatoms. The van der Waals surface area contributed by atoms with Gasteiger partial charge in [0.2, 0.25) is 0 Å². The van der Waals surface area contributed by atoms with Gasteiger partial charge in [0, 0.05) is 12.2 Å². The number of anilines is 1. The monoisotopic (exact) mass is 252 g/mol. The van der Waals surface area contributed by atoms with E-state index < -0.39 is 0 Å². The zero-order valence-electron chi connectivity index (χ0n) is 9.62. The predicted octanol–water partition coefficient (Wildman–Crippen LogP) is 3.77. The standard InChI is InChI=1S/C12H16N2S2/c1-9-14-11-5-4-10(8-12(11)16-9)13-6-3-7-15-2/h4-5,8,13H,3,6-7H2,1-2H3. The summed E-state index contributed by atoms with van der Waals surface area (Å²) in [6, 6.07) is 6.40. The van der Waals surface area contributed by atoms with Gasteiger partial charge in [0.15, 0.2) is 0 Å². The Hall–Kier alpha value is -0.740. The molecule has 0 aliphatic heterocycles. The van der Waals surface area contributed by atoms with Crippen LogP contribution < -0.4 is 5.32 Å². The molecular formula is C12H16N2S2. The lowest BCUT2D eigenvalue weighted by atomic mass is 10.3. The number of thioether (sulfide) groups is 1. The molecule has 86 valence electrons. The lowest BCUT2D eigenvalue weighted by Gasteiger charge is -2.05. The number of rotatable bonds is 5. The fourth-order valence-corrected chi connectivity index (χ4v) is 2.90. The summed E-state index contributed by atoms with van der Waals surface area (Å²) in [5.74, 6) is 1.22. The van der Waals surface area contributed by atoms with E-state index in [0.29, 0.717) is 0 Å². The first-order valence-electron chi connectivity index (χ1n) is 5.39. The molecular weight excluding hydrogens is 236 g/mol. The van der Waals surface area contributed by atoms with Crippen LogP contribution in [0.4, 0.5) is 5.69 Å². The van der Waals surface area contributed by atoms with Crippen molar-refractivity contribution in [2.45, 2.75) is 13.3 Å². The van der Waals surface area contributed by atoms with Gasteiger partial charge < -0.3 is 5.32 Å². The maximum absolute atomic E-state index is 4.45. The van der Waals surface area contributed by atoms with Crippen molar-refractivity contribution in [1.82, 2.24) is 4.98 Å². The fraction of sp³-hybridized carbons (Fsp3) is 0.417. The van der Waals surface area contributed by atoms with Gasteiger partial charge in [-0.2, -0.15) is 11.8 Å². The Morgan fingerprint density at radius 2 is 2.31 bits per heavy atom. The zero-order valence-corrected chi connectivity index (χ0v) is 11.3. The molecule has 0 spiro atoms. The molecule has 0 saturated heterocycles. The van der Waals surface area contributed by atoms with Gasteiger partial charge in [-0.1, -0.05) is 0 Å². The van der Waals surface area contributed by atoms with Crippen molar-refractivity contribution in [3.05, 3.63) is 23.2 Å². The van der Waals surface area contributed by atoms with E-state index in [-0.39, 0.29) is 0 Å². The van der Waals surface area contributed by atoms with Gasteiger partial charge in [0.1, 0.15) is 0 Å². The highest BCUT2D eigenvalue weighted by Gasteiger charge is 2.00. The number of hydrogen-bond acceptors (Lipinski definition) is 4. The van der Waals surface area contributed by atoms with E-state index in [1.807, 2.05) is 11.8 Å². The summed E-state index contributed by atoms with van der Waals surface area (Å²) in [5, 5.41) is 4.58. The van der Waals surface area contributed by atoms with Gasteiger partial charge in [-0.25, -0.2) is 4.98 Å².